The Bertz CT molecular complexity index is 623. The number of nitrogens with two attached hydrogens (primary N) is 1. The number of ether oxygens (including phenoxy) is 1. The largest absolute Gasteiger partial charge is 0.484 e. The van der Waals surface area contributed by atoms with E-state index in [2.05, 4.69) is 31.8 Å². The minimum Gasteiger partial charge on any atom is -0.484 e. The Morgan fingerprint density at radius 1 is 1.62 bits per heavy atom. The summed E-state index contributed by atoms with van der Waals surface area (Å²) in [6.45, 7) is -0.113. The van der Waals surface area contributed by atoms with Gasteiger partial charge in [-0.3, -0.25) is 15.6 Å². The third kappa shape index (κ3) is 5.12. The summed E-state index contributed by atoms with van der Waals surface area (Å²) in [5, 5.41) is 22.1. The molecule has 0 aliphatic rings. The molecule has 0 spiro atoms. The molecular weight excluding hydrogens is 340 g/mol. The van der Waals surface area contributed by atoms with Crippen molar-refractivity contribution in [3.05, 3.63) is 22.7 Å². The molecule has 8 nitrogen and oxygen atoms in total. The molecule has 0 unspecified atom stereocenters. The Morgan fingerprint density at radius 3 is 2.90 bits per heavy atom. The second-order valence-corrected chi connectivity index (χ2v) is 4.56. The lowest BCUT2D eigenvalue weighted by molar-refractivity contribution is -0.122. The van der Waals surface area contributed by atoms with Gasteiger partial charge in [-0.1, -0.05) is 0 Å². The quantitative estimate of drug-likeness (QED) is 0.341. The topological polar surface area (TPSA) is 136 Å². The van der Waals surface area contributed by atoms with E-state index in [4.69, 9.17) is 21.1 Å². The molecule has 0 bridgehead atoms. The summed E-state index contributed by atoms with van der Waals surface area (Å²) in [5.74, 6) is -0.247. The van der Waals surface area contributed by atoms with E-state index in [9.17, 15) is 4.79 Å². The Balaban J connectivity index is 2.85. The van der Waals surface area contributed by atoms with Crippen molar-refractivity contribution in [2.24, 2.45) is 10.8 Å². The van der Waals surface area contributed by atoms with Crippen LogP contribution in [0.4, 0.5) is 5.69 Å². The van der Waals surface area contributed by atoms with Crippen molar-refractivity contribution in [2.75, 3.05) is 19.1 Å². The van der Waals surface area contributed by atoms with Gasteiger partial charge in [0.1, 0.15) is 11.8 Å². The first kappa shape index (κ1) is 16.5. The van der Waals surface area contributed by atoms with E-state index in [1.807, 2.05) is 0 Å². The molecule has 1 aromatic rings. The van der Waals surface area contributed by atoms with Crippen molar-refractivity contribution < 1.29 is 9.53 Å². The third-order valence-electron chi connectivity index (χ3n) is 2.24. The summed E-state index contributed by atoms with van der Waals surface area (Å²) in [4.78, 5) is 11.1. The molecule has 0 heterocycles. The fourth-order valence-electron chi connectivity index (χ4n) is 1.16. The number of amides is 1. The molecule has 0 aliphatic carbocycles. The van der Waals surface area contributed by atoms with Gasteiger partial charge in [0.2, 0.25) is 5.71 Å². The van der Waals surface area contributed by atoms with E-state index in [-0.39, 0.29) is 18.2 Å². The molecule has 0 saturated carbocycles. The van der Waals surface area contributed by atoms with Crippen LogP contribution in [0.1, 0.15) is 0 Å². The Labute approximate surface area is 129 Å². The van der Waals surface area contributed by atoms with Gasteiger partial charge in [-0.25, -0.2) is 0 Å². The summed E-state index contributed by atoms with van der Waals surface area (Å²) in [6, 6.07) is 6.64. The smallest absolute Gasteiger partial charge is 0.257 e. The Kier molecular flexibility index (Phi) is 6.16. The third-order valence-corrected chi connectivity index (χ3v) is 2.93. The normalized spacial score (nSPS) is 10.4. The van der Waals surface area contributed by atoms with Gasteiger partial charge in [0.25, 0.3) is 5.91 Å². The molecule has 0 radical (unpaired) electrons. The minimum atomic E-state index is -0.437. The van der Waals surface area contributed by atoms with Crippen molar-refractivity contribution >= 4 is 39.1 Å². The fourth-order valence-corrected chi connectivity index (χ4v) is 1.50. The molecule has 0 fully saturated rings. The van der Waals surface area contributed by atoms with E-state index in [1.54, 1.807) is 24.3 Å². The first-order valence-electron chi connectivity index (χ1n) is 5.69. The molecule has 0 aliphatic heterocycles. The zero-order valence-electron chi connectivity index (χ0n) is 11.1. The second-order valence-electron chi connectivity index (χ2n) is 3.70. The van der Waals surface area contributed by atoms with Crippen molar-refractivity contribution in [3.8, 4) is 11.8 Å². The lowest BCUT2D eigenvalue weighted by Crippen LogP contribution is -2.24. The molecule has 21 heavy (non-hydrogen) atoms. The number of rotatable bonds is 6. The van der Waals surface area contributed by atoms with Gasteiger partial charge in [0.05, 0.1) is 5.69 Å². The molecule has 0 atom stereocenters. The van der Waals surface area contributed by atoms with Crippen molar-refractivity contribution in [3.63, 3.8) is 0 Å². The van der Waals surface area contributed by atoms with E-state index in [1.165, 1.54) is 7.05 Å². The maximum absolute atomic E-state index is 11.1. The first-order chi connectivity index (χ1) is 9.97. The molecule has 0 saturated heterocycles. The zero-order chi connectivity index (χ0) is 15.8. The van der Waals surface area contributed by atoms with E-state index in [0.717, 1.165) is 0 Å². The van der Waals surface area contributed by atoms with Crippen LogP contribution in [0.2, 0.25) is 0 Å². The monoisotopic (exact) mass is 352 g/mol. The van der Waals surface area contributed by atoms with Crippen LogP contribution in [-0.4, -0.2) is 31.1 Å². The van der Waals surface area contributed by atoms with E-state index in [0.29, 0.717) is 15.9 Å². The maximum Gasteiger partial charge on any atom is 0.257 e. The SMILES string of the molecule is CNC(=O)COc1ccc(Br)c(N/N=C(\C#N)C(=N)N)c1. The fraction of sp³-hybridized carbons (Fsp3) is 0.167. The Morgan fingerprint density at radius 2 is 2.33 bits per heavy atom. The predicted octanol–water partition coefficient (Wildman–Crippen LogP) is 0.801. The van der Waals surface area contributed by atoms with E-state index >= 15 is 0 Å². The maximum atomic E-state index is 11.1. The predicted molar refractivity (Wildman–Crippen MR) is 82.3 cm³/mol. The molecule has 1 rings (SSSR count). The number of halogens is 1. The highest BCUT2D eigenvalue weighted by atomic mass is 79.9. The number of amidine groups is 1. The molecule has 0 aromatic heterocycles. The van der Waals surface area contributed by atoms with Crippen LogP contribution in [0.25, 0.3) is 0 Å². The number of hydrogen-bond donors (Lipinski definition) is 4. The number of nitrogens with zero attached hydrogens (tertiary/aromatic N) is 2. The highest BCUT2D eigenvalue weighted by molar-refractivity contribution is 9.10. The molecule has 9 heteroatoms. The number of carbonyl (C=O) groups is 1. The number of nitrogens with one attached hydrogen (secondary N) is 3. The van der Waals surface area contributed by atoms with Crippen LogP contribution >= 0.6 is 15.9 Å². The van der Waals surface area contributed by atoms with Gasteiger partial charge < -0.3 is 15.8 Å². The number of anilines is 1. The van der Waals surface area contributed by atoms with Crippen LogP contribution < -0.4 is 21.2 Å². The average Bonchev–Trinajstić information content (AvgIpc) is 2.47. The highest BCUT2D eigenvalue weighted by Gasteiger charge is 2.06. The number of benzene rings is 1. The van der Waals surface area contributed by atoms with Gasteiger partial charge in [-0.15, -0.1) is 0 Å². The van der Waals surface area contributed by atoms with Crippen LogP contribution in [0, 0.1) is 16.7 Å². The summed E-state index contributed by atoms with van der Waals surface area (Å²) in [6.07, 6.45) is 0. The lowest BCUT2D eigenvalue weighted by atomic mass is 10.3. The molecule has 1 aromatic carbocycles. The highest BCUT2D eigenvalue weighted by Crippen LogP contribution is 2.27. The van der Waals surface area contributed by atoms with Gasteiger partial charge in [0.15, 0.2) is 12.4 Å². The van der Waals surface area contributed by atoms with Crippen molar-refractivity contribution in [2.45, 2.75) is 0 Å². The van der Waals surface area contributed by atoms with Crippen LogP contribution in [0.3, 0.4) is 0 Å². The Hall–Kier alpha value is -2.60. The molecule has 110 valence electrons. The minimum absolute atomic E-state index is 0.113. The summed E-state index contributed by atoms with van der Waals surface area (Å²) in [5.41, 5.74) is 8.05. The second kappa shape index (κ2) is 7.86. The van der Waals surface area contributed by atoms with Crippen molar-refractivity contribution in [1.29, 1.82) is 10.7 Å². The number of hydrogen-bond acceptors (Lipinski definition) is 6. The van der Waals surface area contributed by atoms with Crippen LogP contribution in [0.5, 0.6) is 5.75 Å². The lowest BCUT2D eigenvalue weighted by Gasteiger charge is -2.09. The zero-order valence-corrected chi connectivity index (χ0v) is 12.7. The number of nitriles is 1. The standard InChI is InChI=1S/C12H13BrN6O2/c1-17-11(20)6-21-7-2-3-8(13)9(4-7)18-19-10(5-14)12(15)16/h2-4,18H,6H2,1H3,(H3,15,16)(H,17,20)/b19-10+. The van der Waals surface area contributed by atoms with Crippen LogP contribution in [0.15, 0.2) is 27.8 Å². The molecule has 5 N–H and O–H groups in total. The average molecular weight is 353 g/mol. The number of carbonyl (C=O) groups excluding carboxylic acids is 1. The van der Waals surface area contributed by atoms with Crippen molar-refractivity contribution in [1.82, 2.24) is 5.32 Å². The summed E-state index contributed by atoms with van der Waals surface area (Å²) >= 11 is 3.30. The first-order valence-corrected chi connectivity index (χ1v) is 6.48. The number of likely N-dealkylation sites (N-methyl/N-ethyl adjacent to an activating group) is 1. The van der Waals surface area contributed by atoms with Gasteiger partial charge in [-0.2, -0.15) is 10.4 Å². The summed E-state index contributed by atoms with van der Waals surface area (Å²) < 4.78 is 5.95. The summed E-state index contributed by atoms with van der Waals surface area (Å²) in [7, 11) is 1.51. The van der Waals surface area contributed by atoms with Gasteiger partial charge in [-0.05, 0) is 28.1 Å². The van der Waals surface area contributed by atoms with E-state index < -0.39 is 5.84 Å². The number of hydrazone groups is 1. The molecular formula is C12H13BrN6O2. The van der Waals surface area contributed by atoms with Crippen LogP contribution in [-0.2, 0) is 4.79 Å². The van der Waals surface area contributed by atoms with Gasteiger partial charge in [0, 0.05) is 17.6 Å². The van der Waals surface area contributed by atoms with Gasteiger partial charge >= 0.3 is 0 Å². The molecule has 1 amide bonds.